The number of amides is 7. The number of carbonyl (C=O) groups excluding carboxylic acids is 7. The number of nitrogens with one attached hydrogen (secondary N) is 7. The van der Waals surface area contributed by atoms with Crippen LogP contribution in [0.15, 0.2) is 84.9 Å². The number of phenols is 3. The minimum atomic E-state index is -2.34. The number of aliphatic hydroxyl groups is 6. The van der Waals surface area contributed by atoms with Crippen molar-refractivity contribution >= 4 is 58.9 Å². The fourth-order valence-electron chi connectivity index (χ4n) is 14.2. The van der Waals surface area contributed by atoms with Crippen molar-refractivity contribution in [2.75, 3.05) is 13.7 Å². The van der Waals surface area contributed by atoms with Gasteiger partial charge in [-0.1, -0.05) is 49.7 Å². The van der Waals surface area contributed by atoms with Gasteiger partial charge >= 0.3 is 5.97 Å². The lowest BCUT2D eigenvalue weighted by Crippen LogP contribution is -2.64. The predicted molar refractivity (Wildman–Crippen MR) is 381 cm³/mol. The molecular formula is C73H89ClN10O26. The minimum absolute atomic E-state index is 0.0558. The molecule has 3 fully saturated rings. The van der Waals surface area contributed by atoms with E-state index >= 15 is 19.2 Å². The van der Waals surface area contributed by atoms with Gasteiger partial charge in [-0.3, -0.25) is 33.6 Å². The smallest absolute Gasteiger partial charge is 0.330 e. The molecule has 8 aliphatic heterocycles. The zero-order valence-corrected chi connectivity index (χ0v) is 61.1. The molecule has 5 aromatic carbocycles. The third-order valence-corrected chi connectivity index (χ3v) is 20.4. The summed E-state index contributed by atoms with van der Waals surface area (Å²) in [7, 11) is 1.49. The van der Waals surface area contributed by atoms with Crippen LogP contribution in [0.2, 0.25) is 5.02 Å². The number of nitrogens with two attached hydrogens (primary N) is 3. The van der Waals surface area contributed by atoms with Gasteiger partial charge in [0.2, 0.25) is 53.4 Å². The molecule has 11 bridgehead atoms. The number of fused-ring (bicyclic) bond motifs is 15. The molecule has 22 atom stereocenters. The van der Waals surface area contributed by atoms with Crippen LogP contribution in [-0.2, 0) is 62.0 Å². The highest BCUT2D eigenvalue weighted by Crippen LogP contribution is 2.50. The lowest BCUT2D eigenvalue weighted by Gasteiger charge is -2.47. The summed E-state index contributed by atoms with van der Waals surface area (Å²) in [6.45, 7) is 8.65. The molecule has 8 aliphatic rings. The summed E-state index contributed by atoms with van der Waals surface area (Å²) >= 11 is 7.34. The number of hydrogen-bond donors (Lipinski definition) is 20. The van der Waals surface area contributed by atoms with Gasteiger partial charge in [-0.25, -0.2) is 4.79 Å². The normalized spacial score (nSPS) is 32.2. The highest BCUT2D eigenvalue weighted by molar-refractivity contribution is 6.32. The number of carboxylic acid groups (broad SMARTS) is 1. The number of phenolic OH excluding ortho intramolecular Hbond substituents is 3. The first-order valence-electron chi connectivity index (χ1n) is 35.2. The summed E-state index contributed by atoms with van der Waals surface area (Å²) in [6, 6.07) is 1.50. The number of aliphatic carboxylic acids is 1. The Morgan fingerprint density at radius 3 is 1.87 bits per heavy atom. The number of hydrogen-bond acceptors (Lipinski definition) is 28. The molecule has 0 aliphatic carbocycles. The molecule has 8 heterocycles. The number of aromatic hydroxyl groups is 3. The largest absolute Gasteiger partial charge is 0.508 e. The van der Waals surface area contributed by atoms with Crippen molar-refractivity contribution in [2.24, 2.45) is 23.1 Å². The van der Waals surface area contributed by atoms with Crippen LogP contribution in [0, 0.1) is 5.92 Å². The van der Waals surface area contributed by atoms with Gasteiger partial charge in [0.15, 0.2) is 36.2 Å². The van der Waals surface area contributed by atoms with Gasteiger partial charge in [-0.15, -0.1) is 0 Å². The fraction of sp³-hybridized carbons (Fsp3) is 0.479. The molecular weight excluding hydrogens is 1470 g/mol. The predicted octanol–water partition coefficient (Wildman–Crippen LogP) is -0.310. The van der Waals surface area contributed by atoms with E-state index in [1.54, 1.807) is 0 Å². The first-order valence-corrected chi connectivity index (χ1v) is 35.6. The number of rotatable bonds is 15. The van der Waals surface area contributed by atoms with Gasteiger partial charge < -0.3 is 143 Å². The average Bonchev–Trinajstić information content (AvgIpc) is 0.766. The molecule has 37 heteroatoms. The topological polar surface area (TPSA) is 575 Å². The second-order valence-corrected chi connectivity index (χ2v) is 29.5. The Labute approximate surface area is 633 Å². The Kier molecular flexibility index (Phi) is 24.2. The molecule has 594 valence electrons. The zero-order chi connectivity index (χ0) is 80.0. The summed E-state index contributed by atoms with van der Waals surface area (Å²) in [5.41, 5.74) is 13.5. The van der Waals surface area contributed by atoms with Gasteiger partial charge in [0, 0.05) is 46.7 Å². The fourth-order valence-corrected chi connectivity index (χ4v) is 14.4. The van der Waals surface area contributed by atoms with E-state index in [-0.39, 0.29) is 53.4 Å². The monoisotopic (exact) mass is 1560 g/mol. The molecule has 7 amide bonds. The van der Waals surface area contributed by atoms with Crippen molar-refractivity contribution in [3.05, 3.63) is 118 Å². The van der Waals surface area contributed by atoms with Crippen LogP contribution >= 0.6 is 11.6 Å². The number of carboxylic acids is 1. The Balaban J connectivity index is 1.18. The highest BCUT2D eigenvalue weighted by atomic mass is 35.5. The first kappa shape index (κ1) is 81.4. The zero-order valence-electron chi connectivity index (χ0n) is 60.4. The second-order valence-electron chi connectivity index (χ2n) is 29.1. The summed E-state index contributed by atoms with van der Waals surface area (Å²) in [5, 5.41) is 132. The van der Waals surface area contributed by atoms with E-state index in [9.17, 15) is 70.2 Å². The molecule has 15 unspecified atom stereocenters. The Hall–Kier alpha value is -9.61. The SMILES string of the molecule is CN[C@H](CC(C)C)C(=O)N[C@H]1C(=O)N[C@@H](CC(N)=O)C(=O)N[C@H]2C(=O)NC3C(=O)NC(C(=O)N[C@H](C(=O)O)c4cc(O)cc(O)c4-c4cc3ccc4O)[C@H](OC3CC(C)(N)C(O)C(C)O3)c3ccc(c(Cl)c3)Oc3cc2cc(c3OC2OC(CO)C(O)C(O)C2OC2CC(C)(N)C(O)C(C)O2)Oc2ccc(cc2)[C@H]1O. The maximum atomic E-state index is 16.3. The molecule has 36 nitrogen and oxygen atoms in total. The molecule has 13 rings (SSSR count). The number of benzene rings is 5. The van der Waals surface area contributed by atoms with Crippen molar-refractivity contribution in [2.45, 2.75) is 201 Å². The maximum absolute atomic E-state index is 16.3. The standard InChI is InChI=1S/C73H89ClN10O26/c1-27(2)16-39(78-7)64(95)83-54-56(90)30-8-12-35(13-9-30)105-44-19-33-20-45(60(44)110-71-61(58(92)57(91)46(26-85)107-71)109-49-25-73(6,77)63(94)29(4)104-49)106-43-15-11-32(18-38(43)74)59(108-48-24-72(5,76)62(93)28(3)103-48)55-69(100)82-53(70(101)102)37-21-34(86)22-42(88)50(37)36-17-31(10-14-41(36)87)51(66(97)84-55)81-67(98)52(33)80-65(96)40(23-47(75)89)79-68(54)99/h8-15,17-22,27-29,39-40,46,48-49,51-59,61-63,71,78,85-88,90-94H,16,23-26,76-77H2,1-7H3,(H2,75,89)(H,79,99)(H,80,96)(H,81,98)(H,82,100)(H,83,95)(H,84,97)(H,101,102)/t28?,29?,39-,40+,46?,48?,49?,51?,52-,53+,54-,55?,56-,57?,58?,59-,61?,62?,63?,71?,72?,73?/m1/s1. The molecule has 110 heavy (non-hydrogen) atoms. The molecule has 3 saturated heterocycles. The Morgan fingerprint density at radius 1 is 0.673 bits per heavy atom. The number of carbonyl (C=O) groups is 8. The lowest BCUT2D eigenvalue weighted by molar-refractivity contribution is -0.333. The third kappa shape index (κ3) is 17.3. The summed E-state index contributed by atoms with van der Waals surface area (Å²) in [5.74, 6) is -15.5. The van der Waals surface area contributed by atoms with E-state index < -0.39 is 255 Å². The lowest BCUT2D eigenvalue weighted by atomic mass is 9.86. The van der Waals surface area contributed by atoms with E-state index in [1.165, 1.54) is 77.2 Å². The molecule has 0 aromatic heterocycles. The number of primary amides is 1. The van der Waals surface area contributed by atoms with Crippen molar-refractivity contribution in [3.63, 3.8) is 0 Å². The van der Waals surface area contributed by atoms with Crippen LogP contribution < -0.4 is 68.6 Å². The minimum Gasteiger partial charge on any atom is -0.508 e. The van der Waals surface area contributed by atoms with E-state index in [0.717, 1.165) is 42.5 Å². The molecule has 0 spiro atoms. The van der Waals surface area contributed by atoms with E-state index in [0.29, 0.717) is 0 Å². The van der Waals surface area contributed by atoms with Crippen LogP contribution in [0.5, 0.6) is 46.0 Å². The van der Waals surface area contributed by atoms with Crippen LogP contribution in [0.4, 0.5) is 0 Å². The van der Waals surface area contributed by atoms with Crippen LogP contribution in [0.25, 0.3) is 11.1 Å². The molecule has 23 N–H and O–H groups in total. The van der Waals surface area contributed by atoms with Crippen molar-refractivity contribution < 1.29 is 127 Å². The van der Waals surface area contributed by atoms with Gasteiger partial charge in [0.05, 0.1) is 48.5 Å². The summed E-state index contributed by atoms with van der Waals surface area (Å²) < 4.78 is 51.7. The number of aliphatic hydroxyl groups excluding tert-OH is 6. The van der Waals surface area contributed by atoms with Crippen LogP contribution in [-0.4, -0.2) is 215 Å². The maximum Gasteiger partial charge on any atom is 0.330 e. The van der Waals surface area contributed by atoms with Crippen molar-refractivity contribution in [3.8, 4) is 57.1 Å². The summed E-state index contributed by atoms with van der Waals surface area (Å²) in [4.78, 5) is 120. The van der Waals surface area contributed by atoms with E-state index in [1.807, 2.05) is 13.8 Å². The number of likely N-dealkylation sites (N-methyl/N-ethyl adjacent to an activating group) is 1. The summed E-state index contributed by atoms with van der Waals surface area (Å²) in [6.07, 6.45) is -22.4. The van der Waals surface area contributed by atoms with Gasteiger partial charge in [-0.2, -0.15) is 0 Å². The van der Waals surface area contributed by atoms with Crippen molar-refractivity contribution in [1.82, 2.24) is 37.2 Å². The van der Waals surface area contributed by atoms with Gasteiger partial charge in [0.1, 0.15) is 89.5 Å². The quantitative estimate of drug-likeness (QED) is 0.0639. The van der Waals surface area contributed by atoms with Gasteiger partial charge in [-0.05, 0) is 124 Å². The van der Waals surface area contributed by atoms with Crippen LogP contribution in [0.3, 0.4) is 0 Å². The Morgan fingerprint density at radius 2 is 1.27 bits per heavy atom. The number of ether oxygens (including phenoxy) is 8. The number of halogens is 1. The average molecular weight is 1560 g/mol. The second kappa shape index (κ2) is 32.8. The Bertz CT molecular complexity index is 4350. The molecule has 5 aromatic rings. The highest BCUT2D eigenvalue weighted by Gasteiger charge is 2.52. The van der Waals surface area contributed by atoms with E-state index in [2.05, 4.69) is 37.2 Å². The van der Waals surface area contributed by atoms with Crippen molar-refractivity contribution in [1.29, 1.82) is 0 Å². The van der Waals surface area contributed by atoms with Gasteiger partial charge in [0.25, 0.3) is 0 Å². The van der Waals surface area contributed by atoms with E-state index in [4.69, 9.17) is 66.7 Å². The third-order valence-electron chi connectivity index (χ3n) is 20.1. The molecule has 0 radical (unpaired) electrons. The first-order chi connectivity index (χ1) is 51.8. The molecule has 0 saturated carbocycles. The van der Waals surface area contributed by atoms with Crippen LogP contribution in [0.1, 0.15) is 125 Å².